The number of aliphatic hydroxyl groups is 1. The van der Waals surface area contributed by atoms with Gasteiger partial charge in [-0.05, 0) is 36.5 Å². The first kappa shape index (κ1) is 11.3. The molecule has 1 aliphatic rings. The van der Waals surface area contributed by atoms with Crippen molar-refractivity contribution >= 4 is 23.2 Å². The van der Waals surface area contributed by atoms with Crippen molar-refractivity contribution in [3.8, 4) is 0 Å². The number of rotatable bonds is 3. The second-order valence-electron chi connectivity index (χ2n) is 4.16. The van der Waals surface area contributed by atoms with Gasteiger partial charge in [-0.25, -0.2) is 0 Å². The van der Waals surface area contributed by atoms with Crippen molar-refractivity contribution in [3.63, 3.8) is 0 Å². The lowest BCUT2D eigenvalue weighted by Gasteiger charge is -2.30. The van der Waals surface area contributed by atoms with Gasteiger partial charge in [0.15, 0.2) is 0 Å². The Balaban J connectivity index is 2.09. The van der Waals surface area contributed by atoms with Gasteiger partial charge in [0.1, 0.15) is 0 Å². The zero-order valence-electron chi connectivity index (χ0n) is 8.42. The summed E-state index contributed by atoms with van der Waals surface area (Å²) in [5.74, 6) is 0.442. The molecule has 1 aromatic carbocycles. The van der Waals surface area contributed by atoms with E-state index in [0.29, 0.717) is 22.4 Å². The first-order chi connectivity index (χ1) is 7.18. The van der Waals surface area contributed by atoms with Gasteiger partial charge in [-0.3, -0.25) is 0 Å². The zero-order chi connectivity index (χ0) is 10.8. The minimum Gasteiger partial charge on any atom is -0.392 e. The molecule has 1 fully saturated rings. The first-order valence-corrected chi connectivity index (χ1v) is 6.05. The summed E-state index contributed by atoms with van der Waals surface area (Å²) in [6, 6.07) is 5.45. The summed E-state index contributed by atoms with van der Waals surface area (Å²) in [6.45, 7) is 0. The quantitative estimate of drug-likeness (QED) is 0.860. The van der Waals surface area contributed by atoms with E-state index in [9.17, 15) is 5.11 Å². The molecular formula is C12H14Cl2O. The van der Waals surface area contributed by atoms with Crippen LogP contribution in [0.4, 0.5) is 0 Å². The molecule has 15 heavy (non-hydrogen) atoms. The van der Waals surface area contributed by atoms with Gasteiger partial charge in [0, 0.05) is 16.5 Å². The molecule has 0 aliphatic heterocycles. The first-order valence-electron chi connectivity index (χ1n) is 5.29. The highest BCUT2D eigenvalue weighted by Crippen LogP contribution is 2.33. The second-order valence-corrected chi connectivity index (χ2v) is 4.98. The van der Waals surface area contributed by atoms with Crippen molar-refractivity contribution in [2.45, 2.75) is 31.8 Å². The normalized spacial score (nSPS) is 18.6. The van der Waals surface area contributed by atoms with Crippen LogP contribution >= 0.6 is 23.2 Å². The number of halogens is 2. The molecular weight excluding hydrogens is 231 g/mol. The van der Waals surface area contributed by atoms with Gasteiger partial charge in [0.25, 0.3) is 0 Å². The molecule has 1 aromatic rings. The fraction of sp³-hybridized carbons (Fsp3) is 0.500. The molecule has 0 radical (unpaired) electrons. The van der Waals surface area contributed by atoms with Gasteiger partial charge < -0.3 is 5.11 Å². The fourth-order valence-corrected chi connectivity index (χ4v) is 2.48. The number of hydrogen-bond donors (Lipinski definition) is 1. The minimum absolute atomic E-state index is 0.295. The number of aliphatic hydroxyl groups excluding tert-OH is 1. The van der Waals surface area contributed by atoms with E-state index in [1.807, 2.05) is 18.2 Å². The van der Waals surface area contributed by atoms with Crippen LogP contribution in [-0.4, -0.2) is 11.2 Å². The molecule has 3 heteroatoms. The van der Waals surface area contributed by atoms with E-state index < -0.39 is 0 Å². The van der Waals surface area contributed by atoms with Crippen LogP contribution in [0.15, 0.2) is 18.2 Å². The molecule has 0 bridgehead atoms. The van der Waals surface area contributed by atoms with E-state index in [4.69, 9.17) is 23.2 Å². The van der Waals surface area contributed by atoms with Crippen LogP contribution < -0.4 is 0 Å². The average molecular weight is 245 g/mol. The van der Waals surface area contributed by atoms with Crippen LogP contribution in [0.1, 0.15) is 24.8 Å². The van der Waals surface area contributed by atoms with Crippen LogP contribution in [0.5, 0.6) is 0 Å². The van der Waals surface area contributed by atoms with Crippen LogP contribution in [0.3, 0.4) is 0 Å². The Labute approximate surface area is 100 Å². The number of benzene rings is 1. The van der Waals surface area contributed by atoms with Crippen molar-refractivity contribution < 1.29 is 5.11 Å². The van der Waals surface area contributed by atoms with Gasteiger partial charge in [-0.1, -0.05) is 35.7 Å². The Morgan fingerprint density at radius 3 is 2.33 bits per heavy atom. The van der Waals surface area contributed by atoms with E-state index in [1.54, 1.807) is 0 Å². The van der Waals surface area contributed by atoms with Crippen molar-refractivity contribution in [1.29, 1.82) is 0 Å². The van der Waals surface area contributed by atoms with E-state index >= 15 is 0 Å². The highest BCUT2D eigenvalue weighted by atomic mass is 35.5. The predicted molar refractivity (Wildman–Crippen MR) is 63.5 cm³/mol. The van der Waals surface area contributed by atoms with E-state index in [-0.39, 0.29) is 6.10 Å². The zero-order valence-corrected chi connectivity index (χ0v) is 9.93. The van der Waals surface area contributed by atoms with E-state index in [2.05, 4.69) is 0 Å². The van der Waals surface area contributed by atoms with Crippen LogP contribution in [0.2, 0.25) is 10.0 Å². The van der Waals surface area contributed by atoms with Gasteiger partial charge >= 0.3 is 0 Å². The molecule has 0 heterocycles. The lowest BCUT2D eigenvalue weighted by molar-refractivity contribution is 0.0630. The molecule has 1 aliphatic carbocycles. The topological polar surface area (TPSA) is 20.2 Å². The maximum absolute atomic E-state index is 9.95. The third-order valence-corrected chi connectivity index (χ3v) is 3.88. The summed E-state index contributed by atoms with van der Waals surface area (Å²) in [5.41, 5.74) is 0.875. The van der Waals surface area contributed by atoms with Crippen molar-refractivity contribution in [2.24, 2.45) is 5.92 Å². The van der Waals surface area contributed by atoms with Gasteiger partial charge in [-0.15, -0.1) is 0 Å². The smallest absolute Gasteiger partial charge is 0.0609 e. The Bertz CT molecular complexity index is 327. The van der Waals surface area contributed by atoms with E-state index in [1.165, 1.54) is 6.42 Å². The maximum Gasteiger partial charge on any atom is 0.0609 e. The van der Waals surface area contributed by atoms with Crippen LogP contribution in [-0.2, 0) is 6.42 Å². The molecule has 1 N–H and O–H groups in total. The minimum atomic E-state index is -0.295. The van der Waals surface area contributed by atoms with Crippen molar-refractivity contribution in [1.82, 2.24) is 0 Å². The standard InChI is InChI=1S/C12H14Cl2O/c13-10-5-2-6-11(14)9(10)7-12(15)8-3-1-4-8/h2,5-6,8,12,15H,1,3-4,7H2. The largest absolute Gasteiger partial charge is 0.392 e. The Morgan fingerprint density at radius 1 is 1.27 bits per heavy atom. The lowest BCUT2D eigenvalue weighted by atomic mass is 9.79. The number of hydrogen-bond acceptors (Lipinski definition) is 1. The summed E-state index contributed by atoms with van der Waals surface area (Å²) in [5, 5.41) is 11.3. The van der Waals surface area contributed by atoms with Gasteiger partial charge in [0.2, 0.25) is 0 Å². The SMILES string of the molecule is OC(Cc1c(Cl)cccc1Cl)C1CCC1. The molecule has 0 amide bonds. The van der Waals surface area contributed by atoms with Crippen LogP contribution in [0, 0.1) is 5.92 Å². The molecule has 82 valence electrons. The summed E-state index contributed by atoms with van der Waals surface area (Å²) >= 11 is 12.1. The fourth-order valence-electron chi connectivity index (χ4n) is 1.93. The maximum atomic E-state index is 9.95. The van der Waals surface area contributed by atoms with Gasteiger partial charge in [0.05, 0.1) is 6.10 Å². The molecule has 0 aromatic heterocycles. The molecule has 1 saturated carbocycles. The van der Waals surface area contributed by atoms with Crippen molar-refractivity contribution in [2.75, 3.05) is 0 Å². The summed E-state index contributed by atoms with van der Waals surface area (Å²) in [7, 11) is 0. The summed E-state index contributed by atoms with van der Waals surface area (Å²) in [4.78, 5) is 0. The Morgan fingerprint density at radius 2 is 1.87 bits per heavy atom. The molecule has 2 rings (SSSR count). The van der Waals surface area contributed by atoms with Crippen LogP contribution in [0.25, 0.3) is 0 Å². The third-order valence-electron chi connectivity index (χ3n) is 3.17. The van der Waals surface area contributed by atoms with Crippen molar-refractivity contribution in [3.05, 3.63) is 33.8 Å². The average Bonchev–Trinajstić information content (AvgIpc) is 2.08. The molecule has 1 nitrogen and oxygen atoms in total. The predicted octanol–water partition coefficient (Wildman–Crippen LogP) is 3.70. The second kappa shape index (κ2) is 4.73. The highest BCUT2D eigenvalue weighted by molar-refractivity contribution is 6.35. The monoisotopic (exact) mass is 244 g/mol. The Kier molecular flexibility index (Phi) is 3.55. The Hall–Kier alpha value is -0.240. The van der Waals surface area contributed by atoms with Gasteiger partial charge in [-0.2, -0.15) is 0 Å². The molecule has 1 atom stereocenters. The lowest BCUT2D eigenvalue weighted by Crippen LogP contribution is -2.28. The molecule has 0 saturated heterocycles. The summed E-state index contributed by atoms with van der Waals surface area (Å²) in [6.07, 6.45) is 3.77. The highest BCUT2D eigenvalue weighted by Gasteiger charge is 2.26. The summed E-state index contributed by atoms with van der Waals surface area (Å²) < 4.78 is 0. The molecule has 1 unspecified atom stereocenters. The molecule has 0 spiro atoms. The third kappa shape index (κ3) is 2.47. The van der Waals surface area contributed by atoms with E-state index in [0.717, 1.165) is 18.4 Å².